The molecule has 0 aromatic heterocycles. The van der Waals surface area contributed by atoms with E-state index in [1.165, 1.54) is 5.56 Å². The van der Waals surface area contributed by atoms with Gasteiger partial charge in [-0.05, 0) is 5.56 Å². The van der Waals surface area contributed by atoms with Crippen LogP contribution in [0.25, 0.3) is 6.08 Å². The highest BCUT2D eigenvalue weighted by Crippen LogP contribution is 2.06. The molecule has 2 rings (SSSR count). The van der Waals surface area contributed by atoms with Gasteiger partial charge in [-0.3, -0.25) is 14.5 Å². The second kappa shape index (κ2) is 8.34. The first-order valence-corrected chi connectivity index (χ1v) is 7.58. The Hall–Kier alpha value is -2.14. The minimum absolute atomic E-state index is 0.0538. The zero-order valence-corrected chi connectivity index (χ0v) is 12.6. The van der Waals surface area contributed by atoms with Gasteiger partial charge in [0.1, 0.15) is 0 Å². The molecule has 1 aromatic carbocycles. The molecule has 0 aliphatic carbocycles. The van der Waals surface area contributed by atoms with Crippen LogP contribution in [0.3, 0.4) is 0 Å². The van der Waals surface area contributed by atoms with E-state index < -0.39 is 5.97 Å². The minimum atomic E-state index is -0.918. The Morgan fingerprint density at radius 3 is 2.36 bits per heavy atom. The van der Waals surface area contributed by atoms with Crippen molar-refractivity contribution >= 4 is 18.0 Å². The Kier molecular flexibility index (Phi) is 6.15. The van der Waals surface area contributed by atoms with Gasteiger partial charge in [-0.1, -0.05) is 42.5 Å². The van der Waals surface area contributed by atoms with Gasteiger partial charge in [-0.15, -0.1) is 0 Å². The van der Waals surface area contributed by atoms with Crippen molar-refractivity contribution in [2.75, 3.05) is 32.7 Å². The number of hydrogen-bond acceptors (Lipinski definition) is 3. The molecule has 118 valence electrons. The summed E-state index contributed by atoms with van der Waals surface area (Å²) in [4.78, 5) is 26.4. The number of piperazine rings is 1. The highest BCUT2D eigenvalue weighted by atomic mass is 16.4. The third-order valence-electron chi connectivity index (χ3n) is 3.75. The molecular formula is C17H22N2O3. The maximum Gasteiger partial charge on any atom is 0.303 e. The molecule has 1 fully saturated rings. The first kappa shape index (κ1) is 16.2. The van der Waals surface area contributed by atoms with Crippen LogP contribution in [0.2, 0.25) is 0 Å². The van der Waals surface area contributed by atoms with Crippen LogP contribution in [-0.4, -0.2) is 59.5 Å². The predicted molar refractivity (Wildman–Crippen MR) is 85.4 cm³/mol. The summed E-state index contributed by atoms with van der Waals surface area (Å²) in [5.74, 6) is -0.972. The minimum Gasteiger partial charge on any atom is -0.481 e. The predicted octanol–water partition coefficient (Wildman–Crippen LogP) is 1.71. The number of aliphatic carboxylic acids is 1. The van der Waals surface area contributed by atoms with E-state index in [0.29, 0.717) is 13.1 Å². The largest absolute Gasteiger partial charge is 0.481 e. The number of benzene rings is 1. The van der Waals surface area contributed by atoms with Gasteiger partial charge in [-0.2, -0.15) is 0 Å². The molecule has 1 saturated heterocycles. The second-order valence-corrected chi connectivity index (χ2v) is 5.39. The van der Waals surface area contributed by atoms with Crippen molar-refractivity contribution in [3.8, 4) is 0 Å². The van der Waals surface area contributed by atoms with Crippen molar-refractivity contribution in [3.05, 3.63) is 42.0 Å². The number of carbonyl (C=O) groups is 2. The number of amides is 1. The lowest BCUT2D eigenvalue weighted by Gasteiger charge is -2.34. The summed E-state index contributed by atoms with van der Waals surface area (Å²) < 4.78 is 0. The molecule has 5 nitrogen and oxygen atoms in total. The molecule has 0 saturated carbocycles. The summed E-state index contributed by atoms with van der Waals surface area (Å²) in [6.07, 6.45) is 4.25. The molecule has 0 spiro atoms. The first-order valence-electron chi connectivity index (χ1n) is 7.58. The summed E-state index contributed by atoms with van der Waals surface area (Å²) in [7, 11) is 0. The van der Waals surface area contributed by atoms with Crippen molar-refractivity contribution in [1.82, 2.24) is 9.80 Å². The number of rotatable bonds is 6. The average molecular weight is 302 g/mol. The number of carboxylic acid groups (broad SMARTS) is 1. The molecule has 1 aliphatic heterocycles. The van der Waals surface area contributed by atoms with Crippen molar-refractivity contribution in [2.24, 2.45) is 0 Å². The summed E-state index contributed by atoms with van der Waals surface area (Å²) in [6, 6.07) is 10.2. The third kappa shape index (κ3) is 5.33. The van der Waals surface area contributed by atoms with Crippen LogP contribution in [0.1, 0.15) is 18.4 Å². The summed E-state index contributed by atoms with van der Waals surface area (Å²) in [6.45, 7) is 3.89. The van der Waals surface area contributed by atoms with Crippen molar-refractivity contribution in [3.63, 3.8) is 0 Å². The molecule has 1 aliphatic rings. The normalized spacial score (nSPS) is 16.1. The van der Waals surface area contributed by atoms with Crippen LogP contribution in [0, 0.1) is 0 Å². The standard InChI is InChI=1S/C17H22N2O3/c20-16(8-9-17(21)22)19-13-11-18(12-14-19)10-4-7-15-5-2-1-3-6-15/h1-7H,8-14H2,(H,21,22). The zero-order valence-electron chi connectivity index (χ0n) is 12.6. The zero-order chi connectivity index (χ0) is 15.8. The first-order chi connectivity index (χ1) is 10.6. The van der Waals surface area contributed by atoms with Gasteiger partial charge in [0.05, 0.1) is 6.42 Å². The Morgan fingerprint density at radius 2 is 1.73 bits per heavy atom. The fraction of sp³-hybridized carbons (Fsp3) is 0.412. The molecule has 1 amide bonds. The molecule has 22 heavy (non-hydrogen) atoms. The molecule has 1 aromatic rings. The number of nitrogens with zero attached hydrogens (tertiary/aromatic N) is 2. The third-order valence-corrected chi connectivity index (χ3v) is 3.75. The maximum atomic E-state index is 11.8. The monoisotopic (exact) mass is 302 g/mol. The molecule has 5 heteroatoms. The van der Waals surface area contributed by atoms with Crippen LogP contribution >= 0.6 is 0 Å². The van der Waals surface area contributed by atoms with Crippen molar-refractivity contribution in [2.45, 2.75) is 12.8 Å². The van der Waals surface area contributed by atoms with E-state index in [-0.39, 0.29) is 18.7 Å². The highest BCUT2D eigenvalue weighted by molar-refractivity contribution is 5.80. The summed E-state index contributed by atoms with van der Waals surface area (Å²) in [5, 5.41) is 8.61. The number of carboxylic acids is 1. The lowest BCUT2D eigenvalue weighted by molar-refractivity contribution is -0.141. The SMILES string of the molecule is O=C(O)CCC(=O)N1CCN(CC=Cc2ccccc2)CC1. The van der Waals surface area contributed by atoms with E-state index in [4.69, 9.17) is 5.11 Å². The Bertz CT molecular complexity index is 520. The molecular weight excluding hydrogens is 280 g/mol. The summed E-state index contributed by atoms with van der Waals surface area (Å²) in [5.41, 5.74) is 1.19. The molecule has 0 radical (unpaired) electrons. The van der Waals surface area contributed by atoms with Crippen molar-refractivity contribution < 1.29 is 14.7 Å². The van der Waals surface area contributed by atoms with Gasteiger partial charge < -0.3 is 10.0 Å². The van der Waals surface area contributed by atoms with Crippen LogP contribution < -0.4 is 0 Å². The smallest absolute Gasteiger partial charge is 0.303 e. The topological polar surface area (TPSA) is 60.9 Å². The number of hydrogen-bond donors (Lipinski definition) is 1. The Labute approximate surface area is 130 Å². The molecule has 1 heterocycles. The van der Waals surface area contributed by atoms with Crippen LogP contribution in [0.5, 0.6) is 0 Å². The van der Waals surface area contributed by atoms with E-state index in [1.54, 1.807) is 4.90 Å². The van der Waals surface area contributed by atoms with E-state index in [9.17, 15) is 9.59 Å². The fourth-order valence-electron chi connectivity index (χ4n) is 2.45. The Balaban J connectivity index is 1.70. The molecule has 0 atom stereocenters. The van der Waals surface area contributed by atoms with Crippen LogP contribution in [-0.2, 0) is 9.59 Å². The quantitative estimate of drug-likeness (QED) is 0.869. The van der Waals surface area contributed by atoms with E-state index in [2.05, 4.69) is 29.2 Å². The van der Waals surface area contributed by atoms with Gasteiger partial charge >= 0.3 is 5.97 Å². The molecule has 0 unspecified atom stereocenters. The van der Waals surface area contributed by atoms with Gasteiger partial charge in [-0.25, -0.2) is 0 Å². The van der Waals surface area contributed by atoms with Crippen molar-refractivity contribution in [1.29, 1.82) is 0 Å². The van der Waals surface area contributed by atoms with E-state index in [0.717, 1.165) is 19.6 Å². The van der Waals surface area contributed by atoms with Crippen LogP contribution in [0.4, 0.5) is 0 Å². The number of carbonyl (C=O) groups excluding carboxylic acids is 1. The Morgan fingerprint density at radius 1 is 1.05 bits per heavy atom. The van der Waals surface area contributed by atoms with E-state index >= 15 is 0 Å². The lowest BCUT2D eigenvalue weighted by atomic mass is 10.2. The summed E-state index contributed by atoms with van der Waals surface area (Å²) >= 11 is 0. The average Bonchev–Trinajstić information content (AvgIpc) is 2.54. The van der Waals surface area contributed by atoms with Gasteiger partial charge in [0.25, 0.3) is 0 Å². The second-order valence-electron chi connectivity index (χ2n) is 5.39. The van der Waals surface area contributed by atoms with Gasteiger partial charge in [0.15, 0.2) is 0 Å². The molecule has 1 N–H and O–H groups in total. The van der Waals surface area contributed by atoms with Gasteiger partial charge in [0, 0.05) is 39.1 Å². The molecule has 0 bridgehead atoms. The fourth-order valence-corrected chi connectivity index (χ4v) is 2.45. The van der Waals surface area contributed by atoms with Crippen LogP contribution in [0.15, 0.2) is 36.4 Å². The van der Waals surface area contributed by atoms with Gasteiger partial charge in [0.2, 0.25) is 5.91 Å². The highest BCUT2D eigenvalue weighted by Gasteiger charge is 2.20. The van der Waals surface area contributed by atoms with E-state index in [1.807, 2.05) is 18.2 Å². The lowest BCUT2D eigenvalue weighted by Crippen LogP contribution is -2.48. The maximum absolute atomic E-state index is 11.8.